The van der Waals surface area contributed by atoms with E-state index in [1.165, 1.54) is 6.26 Å². The molecule has 9 heteroatoms. The Kier molecular flexibility index (Phi) is 6.96. The summed E-state index contributed by atoms with van der Waals surface area (Å²) in [7, 11) is 0.153. The second kappa shape index (κ2) is 8.79. The van der Waals surface area contributed by atoms with Gasteiger partial charge in [0, 0.05) is 64.5 Å². The van der Waals surface area contributed by atoms with Crippen molar-refractivity contribution in [2.24, 2.45) is 7.05 Å². The molecule has 0 atom stereocenters. The summed E-state index contributed by atoms with van der Waals surface area (Å²) in [6.45, 7) is 6.73. The van der Waals surface area contributed by atoms with Gasteiger partial charge in [-0.15, -0.1) is 0 Å². The highest BCUT2D eigenvalue weighted by molar-refractivity contribution is 7.90. The Morgan fingerprint density at radius 1 is 1.27 bits per heavy atom. The first-order chi connectivity index (χ1) is 12.2. The maximum Gasteiger partial charge on any atom is 0.227 e. The average Bonchev–Trinajstić information content (AvgIpc) is 3.13. The summed E-state index contributed by atoms with van der Waals surface area (Å²) < 4.78 is 32.8. The molecule has 26 heavy (non-hydrogen) atoms. The summed E-state index contributed by atoms with van der Waals surface area (Å²) >= 11 is 0. The molecule has 2 rings (SSSR count). The molecule has 2 heterocycles. The topological polar surface area (TPSA) is 82.2 Å². The third-order valence-corrected chi connectivity index (χ3v) is 5.19. The summed E-state index contributed by atoms with van der Waals surface area (Å²) in [5.74, 6) is 0. The van der Waals surface area contributed by atoms with Gasteiger partial charge in [-0.3, -0.25) is 9.58 Å². The van der Waals surface area contributed by atoms with Crippen LogP contribution in [-0.4, -0.2) is 58.7 Å². The van der Waals surface area contributed by atoms with E-state index in [0.29, 0.717) is 25.7 Å². The lowest BCUT2D eigenvalue weighted by Gasteiger charge is -2.26. The number of hydrogen-bond acceptors (Lipinski definition) is 6. The second-order valence-corrected chi connectivity index (χ2v) is 8.73. The standard InChI is InChI=1S/C17H29N5O3S/c1-14(2)21(12-15-9-19-20(3)11-15)13-16-10-18-17(26(5,23)24)22(16)7-6-8-25-4/h9-11,14H,6-8,12-13H2,1-5H3. The van der Waals surface area contributed by atoms with Crippen LogP contribution in [0.4, 0.5) is 0 Å². The summed E-state index contributed by atoms with van der Waals surface area (Å²) in [5, 5.41) is 4.34. The first-order valence-electron chi connectivity index (χ1n) is 8.67. The Bertz CT molecular complexity index is 810. The predicted octanol–water partition coefficient (Wildman–Crippen LogP) is 1.47. The minimum Gasteiger partial charge on any atom is -0.385 e. The third-order valence-electron chi connectivity index (χ3n) is 4.20. The highest BCUT2D eigenvalue weighted by Gasteiger charge is 2.21. The molecule has 0 radical (unpaired) electrons. The van der Waals surface area contributed by atoms with Gasteiger partial charge in [-0.25, -0.2) is 13.4 Å². The second-order valence-electron chi connectivity index (χ2n) is 6.82. The fraction of sp³-hybridized carbons (Fsp3) is 0.647. The van der Waals surface area contributed by atoms with Crippen molar-refractivity contribution < 1.29 is 13.2 Å². The van der Waals surface area contributed by atoms with Crippen LogP contribution in [0.1, 0.15) is 31.5 Å². The average molecular weight is 384 g/mol. The molecule has 0 spiro atoms. The van der Waals surface area contributed by atoms with Gasteiger partial charge < -0.3 is 9.30 Å². The molecule has 0 unspecified atom stereocenters. The summed E-state index contributed by atoms with van der Waals surface area (Å²) in [6.07, 6.45) is 7.44. The first kappa shape index (κ1) is 20.6. The number of aryl methyl sites for hydroxylation is 1. The van der Waals surface area contributed by atoms with Crippen LogP contribution in [-0.2, 0) is 41.3 Å². The highest BCUT2D eigenvalue weighted by atomic mass is 32.2. The fourth-order valence-electron chi connectivity index (χ4n) is 2.84. The van der Waals surface area contributed by atoms with Crippen LogP contribution in [0.2, 0.25) is 0 Å². The molecule has 0 saturated carbocycles. The van der Waals surface area contributed by atoms with Gasteiger partial charge in [0.15, 0.2) is 0 Å². The molecule has 0 saturated heterocycles. The van der Waals surface area contributed by atoms with E-state index >= 15 is 0 Å². The maximum absolute atomic E-state index is 12.1. The van der Waals surface area contributed by atoms with Crippen molar-refractivity contribution >= 4 is 9.84 Å². The Balaban J connectivity index is 2.25. The SMILES string of the molecule is COCCCn1c(CN(Cc2cnn(C)c2)C(C)C)cnc1S(C)(=O)=O. The molecule has 8 nitrogen and oxygen atoms in total. The Morgan fingerprint density at radius 2 is 2.00 bits per heavy atom. The van der Waals surface area contributed by atoms with Crippen molar-refractivity contribution in [3.05, 3.63) is 29.8 Å². The monoisotopic (exact) mass is 383 g/mol. The molecule has 0 aliphatic rings. The zero-order valence-corrected chi connectivity index (χ0v) is 17.0. The lowest BCUT2D eigenvalue weighted by Crippen LogP contribution is -2.31. The van der Waals surface area contributed by atoms with E-state index in [1.807, 2.05) is 19.4 Å². The van der Waals surface area contributed by atoms with Crippen LogP contribution in [0.15, 0.2) is 23.7 Å². The molecule has 0 aliphatic heterocycles. The lowest BCUT2D eigenvalue weighted by atomic mass is 10.2. The Hall–Kier alpha value is -1.71. The number of methoxy groups -OCH3 is 1. The molecule has 0 aromatic carbocycles. The number of ether oxygens (including phenoxy) is 1. The summed E-state index contributed by atoms with van der Waals surface area (Å²) in [4.78, 5) is 6.45. The van der Waals surface area contributed by atoms with Gasteiger partial charge in [-0.1, -0.05) is 0 Å². The molecule has 0 bridgehead atoms. The van der Waals surface area contributed by atoms with E-state index < -0.39 is 9.84 Å². The number of hydrogen-bond donors (Lipinski definition) is 0. The van der Waals surface area contributed by atoms with Crippen molar-refractivity contribution in [1.82, 2.24) is 24.2 Å². The predicted molar refractivity (Wildman–Crippen MR) is 99.4 cm³/mol. The van der Waals surface area contributed by atoms with Crippen LogP contribution in [0.5, 0.6) is 0 Å². The number of rotatable bonds is 10. The van der Waals surface area contributed by atoms with Crippen molar-refractivity contribution in [2.75, 3.05) is 20.0 Å². The van der Waals surface area contributed by atoms with E-state index in [4.69, 9.17) is 4.74 Å². The summed E-state index contributed by atoms with van der Waals surface area (Å²) in [5.41, 5.74) is 2.01. The van der Waals surface area contributed by atoms with Crippen LogP contribution in [0.3, 0.4) is 0 Å². The van der Waals surface area contributed by atoms with Gasteiger partial charge in [0.1, 0.15) is 0 Å². The Labute approximate surface area is 155 Å². The van der Waals surface area contributed by atoms with Crippen molar-refractivity contribution in [1.29, 1.82) is 0 Å². The number of imidazole rings is 1. The fourth-order valence-corrected chi connectivity index (χ4v) is 3.69. The van der Waals surface area contributed by atoms with E-state index in [-0.39, 0.29) is 5.16 Å². The smallest absolute Gasteiger partial charge is 0.227 e. The van der Waals surface area contributed by atoms with Crippen LogP contribution >= 0.6 is 0 Å². The van der Waals surface area contributed by atoms with Crippen LogP contribution in [0.25, 0.3) is 0 Å². The third kappa shape index (κ3) is 5.39. The minimum atomic E-state index is -3.38. The van der Waals surface area contributed by atoms with Crippen molar-refractivity contribution in [2.45, 2.75) is 51.1 Å². The zero-order chi connectivity index (χ0) is 19.3. The van der Waals surface area contributed by atoms with Gasteiger partial charge >= 0.3 is 0 Å². The molecule has 0 aliphatic carbocycles. The van der Waals surface area contributed by atoms with Crippen LogP contribution in [0, 0.1) is 0 Å². The van der Waals surface area contributed by atoms with E-state index in [2.05, 4.69) is 28.8 Å². The molecule has 2 aromatic heterocycles. The van der Waals surface area contributed by atoms with Crippen molar-refractivity contribution in [3.8, 4) is 0 Å². The molecular formula is C17H29N5O3S. The highest BCUT2D eigenvalue weighted by Crippen LogP contribution is 2.17. The van der Waals surface area contributed by atoms with Gasteiger partial charge in [0.25, 0.3) is 0 Å². The Morgan fingerprint density at radius 3 is 2.54 bits per heavy atom. The molecular weight excluding hydrogens is 354 g/mol. The first-order valence-corrected chi connectivity index (χ1v) is 10.6. The maximum atomic E-state index is 12.1. The van der Waals surface area contributed by atoms with E-state index in [0.717, 1.165) is 24.2 Å². The van der Waals surface area contributed by atoms with Crippen LogP contribution < -0.4 is 0 Å². The normalized spacial score (nSPS) is 12.4. The number of sulfone groups is 1. The quantitative estimate of drug-likeness (QED) is 0.578. The van der Waals surface area contributed by atoms with Gasteiger partial charge in [-0.05, 0) is 20.3 Å². The van der Waals surface area contributed by atoms with E-state index in [1.54, 1.807) is 22.6 Å². The zero-order valence-electron chi connectivity index (χ0n) is 16.2. The largest absolute Gasteiger partial charge is 0.385 e. The lowest BCUT2D eigenvalue weighted by molar-refractivity contribution is 0.183. The van der Waals surface area contributed by atoms with Gasteiger partial charge in [0.2, 0.25) is 15.0 Å². The van der Waals surface area contributed by atoms with Gasteiger partial charge in [0.05, 0.1) is 18.1 Å². The summed E-state index contributed by atoms with van der Waals surface area (Å²) in [6, 6.07) is 0.291. The van der Waals surface area contributed by atoms with Crippen molar-refractivity contribution in [3.63, 3.8) is 0 Å². The molecule has 0 fully saturated rings. The molecule has 0 amide bonds. The van der Waals surface area contributed by atoms with Gasteiger partial charge in [-0.2, -0.15) is 5.10 Å². The number of aromatic nitrogens is 4. The molecule has 146 valence electrons. The number of nitrogens with zero attached hydrogens (tertiary/aromatic N) is 5. The molecule has 2 aromatic rings. The minimum absolute atomic E-state index is 0.119. The molecule has 0 N–H and O–H groups in total. The van der Waals surface area contributed by atoms with E-state index in [9.17, 15) is 8.42 Å².